The molecule has 2 amide bonds. The molecule has 1 saturated heterocycles. The molecule has 0 spiro atoms. The number of urea groups is 1. The van der Waals surface area contributed by atoms with E-state index in [2.05, 4.69) is 11.5 Å². The second-order valence-electron chi connectivity index (χ2n) is 9.15. The number of anilines is 1. The molecule has 4 aromatic rings. The van der Waals surface area contributed by atoms with Crippen molar-refractivity contribution in [1.82, 2.24) is 19.4 Å². The maximum atomic E-state index is 12.7. The first kappa shape index (κ1) is 24.3. The van der Waals surface area contributed by atoms with Crippen LogP contribution in [0.1, 0.15) is 31.2 Å². The average Bonchev–Trinajstić information content (AvgIpc) is 3.22. The maximum Gasteiger partial charge on any atom is 0.511 e. The first-order chi connectivity index (χ1) is 17.9. The summed E-state index contributed by atoms with van der Waals surface area (Å²) in [6.45, 7) is 4.09. The van der Waals surface area contributed by atoms with Crippen molar-refractivity contribution in [2.24, 2.45) is 0 Å². The number of amides is 2. The van der Waals surface area contributed by atoms with Crippen LogP contribution < -0.4 is 9.64 Å². The Morgan fingerprint density at radius 1 is 1.03 bits per heavy atom. The van der Waals surface area contributed by atoms with Crippen LogP contribution in [-0.4, -0.2) is 56.9 Å². The van der Waals surface area contributed by atoms with Crippen molar-refractivity contribution < 1.29 is 19.4 Å². The molecule has 190 valence electrons. The number of rotatable bonds is 7. The van der Waals surface area contributed by atoms with E-state index < -0.39 is 6.16 Å². The number of nitrogens with zero attached hydrogens (tertiary/aromatic N) is 5. The number of ether oxygens (including phenoxy) is 1. The van der Waals surface area contributed by atoms with Crippen molar-refractivity contribution >= 4 is 29.2 Å². The fourth-order valence-corrected chi connectivity index (χ4v) is 4.71. The van der Waals surface area contributed by atoms with E-state index in [0.717, 1.165) is 53.9 Å². The van der Waals surface area contributed by atoms with Gasteiger partial charge in [-0.05, 0) is 42.2 Å². The van der Waals surface area contributed by atoms with E-state index in [4.69, 9.17) is 19.8 Å². The van der Waals surface area contributed by atoms with E-state index in [1.165, 1.54) is 0 Å². The summed E-state index contributed by atoms with van der Waals surface area (Å²) < 4.78 is 7.07. The molecule has 1 aliphatic heterocycles. The van der Waals surface area contributed by atoms with Gasteiger partial charge in [-0.25, -0.2) is 19.6 Å². The highest BCUT2D eigenvalue weighted by molar-refractivity contribution is 5.92. The molecular formula is C28H29N5O4. The van der Waals surface area contributed by atoms with Crippen molar-refractivity contribution in [2.75, 3.05) is 25.0 Å². The van der Waals surface area contributed by atoms with Crippen LogP contribution in [0.5, 0.6) is 5.75 Å². The summed E-state index contributed by atoms with van der Waals surface area (Å²) in [7, 11) is 1.81. The number of aromatic nitrogens is 3. The molecule has 1 N–H and O–H groups in total. The average molecular weight is 500 g/mol. The highest BCUT2D eigenvalue weighted by Crippen LogP contribution is 2.30. The Labute approximate surface area is 214 Å². The number of benzene rings is 2. The van der Waals surface area contributed by atoms with E-state index in [0.29, 0.717) is 30.2 Å². The van der Waals surface area contributed by atoms with Gasteiger partial charge in [0, 0.05) is 32.1 Å². The molecule has 0 bridgehead atoms. The number of hydrogen-bond acceptors (Lipinski definition) is 5. The highest BCUT2D eigenvalue weighted by Gasteiger charge is 2.26. The molecule has 37 heavy (non-hydrogen) atoms. The summed E-state index contributed by atoms with van der Waals surface area (Å²) >= 11 is 0. The first-order valence-corrected chi connectivity index (χ1v) is 12.4. The van der Waals surface area contributed by atoms with Crippen LogP contribution in [0.25, 0.3) is 22.3 Å². The smallest absolute Gasteiger partial charge is 0.449 e. The molecule has 1 aliphatic rings. The number of imidazole rings is 1. The third kappa shape index (κ3) is 4.97. The molecule has 5 rings (SSSR count). The number of fused-ring (bicyclic) bond motifs is 1. The minimum Gasteiger partial charge on any atom is -0.449 e. The number of pyridine rings is 1. The summed E-state index contributed by atoms with van der Waals surface area (Å²) in [6, 6.07) is 18.8. The van der Waals surface area contributed by atoms with Gasteiger partial charge in [-0.2, -0.15) is 0 Å². The van der Waals surface area contributed by atoms with Gasteiger partial charge in [-0.1, -0.05) is 49.4 Å². The summed E-state index contributed by atoms with van der Waals surface area (Å²) in [5.74, 6) is 1.88. The molecule has 0 unspecified atom stereocenters. The van der Waals surface area contributed by atoms with Crippen molar-refractivity contribution in [1.29, 1.82) is 0 Å². The lowest BCUT2D eigenvalue weighted by molar-refractivity contribution is 0.144. The van der Waals surface area contributed by atoms with Gasteiger partial charge in [-0.15, -0.1) is 0 Å². The molecule has 0 aliphatic carbocycles. The minimum absolute atomic E-state index is 0.0410. The first-order valence-electron chi connectivity index (χ1n) is 12.4. The van der Waals surface area contributed by atoms with Crippen LogP contribution >= 0.6 is 0 Å². The van der Waals surface area contributed by atoms with E-state index in [1.54, 1.807) is 21.9 Å². The predicted molar refractivity (Wildman–Crippen MR) is 141 cm³/mol. The molecule has 2 aromatic carbocycles. The number of carboxylic acid groups (broad SMARTS) is 1. The zero-order chi connectivity index (χ0) is 25.9. The Kier molecular flexibility index (Phi) is 6.76. The number of para-hydroxylation sites is 1. The van der Waals surface area contributed by atoms with E-state index in [9.17, 15) is 9.59 Å². The summed E-state index contributed by atoms with van der Waals surface area (Å²) in [4.78, 5) is 37.0. The number of carbonyl (C=O) groups excluding carboxylic acids is 1. The van der Waals surface area contributed by atoms with Gasteiger partial charge >= 0.3 is 12.2 Å². The Morgan fingerprint density at radius 2 is 1.81 bits per heavy atom. The van der Waals surface area contributed by atoms with Crippen LogP contribution in [0.3, 0.4) is 0 Å². The Morgan fingerprint density at radius 3 is 2.57 bits per heavy atom. The van der Waals surface area contributed by atoms with Gasteiger partial charge in [-0.3, -0.25) is 4.90 Å². The lowest BCUT2D eigenvalue weighted by Gasteiger charge is -2.32. The fraction of sp³-hybridized carbons (Fsp3) is 0.286. The topological polar surface area (TPSA) is 101 Å². The van der Waals surface area contributed by atoms with Gasteiger partial charge in [0.2, 0.25) is 0 Å². The van der Waals surface area contributed by atoms with Crippen LogP contribution in [0.2, 0.25) is 0 Å². The number of aryl methyl sites for hydroxylation is 1. The zero-order valence-corrected chi connectivity index (χ0v) is 20.9. The van der Waals surface area contributed by atoms with Gasteiger partial charge in [0.15, 0.2) is 5.65 Å². The highest BCUT2D eigenvalue weighted by atomic mass is 16.7. The predicted octanol–water partition coefficient (Wildman–Crippen LogP) is 5.42. The molecule has 2 aromatic heterocycles. The van der Waals surface area contributed by atoms with Crippen molar-refractivity contribution in [3.8, 4) is 16.9 Å². The molecule has 9 nitrogen and oxygen atoms in total. The van der Waals surface area contributed by atoms with Gasteiger partial charge < -0.3 is 19.3 Å². The van der Waals surface area contributed by atoms with E-state index in [-0.39, 0.29) is 6.03 Å². The third-order valence-corrected chi connectivity index (χ3v) is 6.53. The molecule has 1 fully saturated rings. The van der Waals surface area contributed by atoms with E-state index >= 15 is 0 Å². The standard InChI is InChI=1S/C28H29N5O4/c1-3-7-24-29-22-14-15-25(32-17-6-16-31(2)27(32)34)30-26(22)33(24)18-19-10-12-20(13-11-19)21-8-4-5-9-23(21)37-28(35)36/h4-5,8-15H,3,6-7,16-18H2,1-2H3,(H,35,36). The SMILES string of the molecule is CCCc1nc2ccc(N3CCCN(C)C3=O)nc2n1Cc1ccc(-c2ccccc2OC(=O)O)cc1. The Balaban J connectivity index is 1.47. The lowest BCUT2D eigenvalue weighted by atomic mass is 10.0. The molecule has 0 saturated carbocycles. The number of hydrogen-bond donors (Lipinski definition) is 1. The van der Waals surface area contributed by atoms with Gasteiger partial charge in [0.25, 0.3) is 0 Å². The summed E-state index contributed by atoms with van der Waals surface area (Å²) in [5.41, 5.74) is 4.18. The van der Waals surface area contributed by atoms with Crippen LogP contribution in [-0.2, 0) is 13.0 Å². The lowest BCUT2D eigenvalue weighted by Crippen LogP contribution is -2.47. The Bertz CT molecular complexity index is 1450. The van der Waals surface area contributed by atoms with Crippen LogP contribution in [0.15, 0.2) is 60.7 Å². The van der Waals surface area contributed by atoms with Crippen LogP contribution in [0.4, 0.5) is 15.4 Å². The van der Waals surface area contributed by atoms with Crippen molar-refractivity contribution in [3.63, 3.8) is 0 Å². The van der Waals surface area contributed by atoms with Crippen molar-refractivity contribution in [3.05, 3.63) is 72.1 Å². The third-order valence-electron chi connectivity index (χ3n) is 6.53. The second kappa shape index (κ2) is 10.3. The molecule has 0 radical (unpaired) electrons. The van der Waals surface area contributed by atoms with E-state index in [1.807, 2.05) is 55.6 Å². The van der Waals surface area contributed by atoms with Crippen molar-refractivity contribution in [2.45, 2.75) is 32.7 Å². The molecule has 0 atom stereocenters. The fourth-order valence-electron chi connectivity index (χ4n) is 4.71. The normalized spacial score (nSPS) is 13.8. The van der Waals surface area contributed by atoms with Gasteiger partial charge in [0.1, 0.15) is 22.9 Å². The Hall–Kier alpha value is -4.40. The second-order valence-corrected chi connectivity index (χ2v) is 9.15. The largest absolute Gasteiger partial charge is 0.511 e. The number of carbonyl (C=O) groups is 2. The maximum absolute atomic E-state index is 12.7. The van der Waals surface area contributed by atoms with Crippen LogP contribution in [0, 0.1) is 0 Å². The summed E-state index contributed by atoms with van der Waals surface area (Å²) in [6.07, 6.45) is 1.32. The minimum atomic E-state index is -1.34. The molecular weight excluding hydrogens is 470 g/mol. The monoisotopic (exact) mass is 499 g/mol. The van der Waals surface area contributed by atoms with Gasteiger partial charge in [0.05, 0.1) is 6.54 Å². The molecule has 3 heterocycles. The molecule has 9 heteroatoms. The quantitative estimate of drug-likeness (QED) is 0.269. The summed E-state index contributed by atoms with van der Waals surface area (Å²) in [5, 5.41) is 9.05. The zero-order valence-electron chi connectivity index (χ0n) is 20.9.